The molecular formula is C16H17F2N3O4. The highest BCUT2D eigenvalue weighted by Crippen LogP contribution is 2.15. The average molecular weight is 353 g/mol. The van der Waals surface area contributed by atoms with E-state index in [1.807, 2.05) is 6.92 Å². The molecule has 2 rings (SSSR count). The molecule has 25 heavy (non-hydrogen) atoms. The van der Waals surface area contributed by atoms with Gasteiger partial charge in [-0.05, 0) is 25.5 Å². The normalized spacial score (nSPS) is 11.8. The molecule has 0 aliphatic carbocycles. The van der Waals surface area contributed by atoms with E-state index in [0.717, 1.165) is 18.6 Å². The number of aromatic nitrogens is 2. The standard InChI is InChI=1S/C16H17F2N3O4/c1-3-4-13-20-16(25-21-13)9(2)24-14(22)8-19-15(23)11-6-5-10(17)7-12(11)18/h5-7,9H,3-4,8H2,1-2H3,(H,19,23). The zero-order valence-electron chi connectivity index (χ0n) is 13.7. The summed E-state index contributed by atoms with van der Waals surface area (Å²) in [6.45, 7) is 3.02. The van der Waals surface area contributed by atoms with Gasteiger partial charge in [-0.15, -0.1) is 0 Å². The first-order valence-corrected chi connectivity index (χ1v) is 7.66. The molecule has 2 aromatic rings. The third-order valence-electron chi connectivity index (χ3n) is 3.18. The van der Waals surface area contributed by atoms with Crippen LogP contribution in [-0.2, 0) is 16.0 Å². The van der Waals surface area contributed by atoms with Gasteiger partial charge in [0.25, 0.3) is 11.8 Å². The molecule has 9 heteroatoms. The van der Waals surface area contributed by atoms with Gasteiger partial charge in [-0.2, -0.15) is 4.98 Å². The average Bonchev–Trinajstić information content (AvgIpc) is 3.02. The van der Waals surface area contributed by atoms with Gasteiger partial charge in [0.1, 0.15) is 18.2 Å². The zero-order valence-corrected chi connectivity index (χ0v) is 13.7. The minimum atomic E-state index is -1.02. The first kappa shape index (κ1) is 18.5. The summed E-state index contributed by atoms with van der Waals surface area (Å²) in [6, 6.07) is 2.52. The fourth-order valence-corrected chi connectivity index (χ4v) is 1.97. The van der Waals surface area contributed by atoms with Crippen LogP contribution in [0.25, 0.3) is 0 Å². The molecule has 0 fully saturated rings. The molecule has 0 aliphatic rings. The van der Waals surface area contributed by atoms with Gasteiger partial charge in [-0.25, -0.2) is 8.78 Å². The number of ether oxygens (including phenoxy) is 1. The summed E-state index contributed by atoms with van der Waals surface area (Å²) in [4.78, 5) is 27.6. The van der Waals surface area contributed by atoms with Crippen LogP contribution in [0.15, 0.2) is 22.7 Å². The summed E-state index contributed by atoms with van der Waals surface area (Å²) in [6.07, 6.45) is 0.702. The highest BCUT2D eigenvalue weighted by atomic mass is 19.1. The number of benzene rings is 1. The van der Waals surface area contributed by atoms with Crippen LogP contribution >= 0.6 is 0 Å². The Morgan fingerprint density at radius 3 is 2.80 bits per heavy atom. The quantitative estimate of drug-likeness (QED) is 0.768. The minimum absolute atomic E-state index is 0.146. The molecule has 0 spiro atoms. The van der Waals surface area contributed by atoms with Crippen molar-refractivity contribution in [1.29, 1.82) is 0 Å². The molecule has 1 heterocycles. The first-order chi connectivity index (χ1) is 11.9. The van der Waals surface area contributed by atoms with E-state index in [-0.39, 0.29) is 11.5 Å². The zero-order chi connectivity index (χ0) is 18.4. The molecule has 0 saturated carbocycles. The van der Waals surface area contributed by atoms with Gasteiger partial charge in [-0.1, -0.05) is 12.1 Å². The third-order valence-corrected chi connectivity index (χ3v) is 3.18. The van der Waals surface area contributed by atoms with Gasteiger partial charge in [0.2, 0.25) is 0 Å². The SMILES string of the molecule is CCCc1noc(C(C)OC(=O)CNC(=O)c2ccc(F)cc2F)n1. The maximum Gasteiger partial charge on any atom is 0.326 e. The van der Waals surface area contributed by atoms with E-state index in [9.17, 15) is 18.4 Å². The summed E-state index contributed by atoms with van der Waals surface area (Å²) in [5.74, 6) is -2.78. The van der Waals surface area contributed by atoms with Crippen molar-refractivity contribution in [3.05, 3.63) is 47.1 Å². The third kappa shape index (κ3) is 5.07. The highest BCUT2D eigenvalue weighted by Gasteiger charge is 2.19. The van der Waals surface area contributed by atoms with Crippen molar-refractivity contribution in [2.75, 3.05) is 6.54 Å². The van der Waals surface area contributed by atoms with Crippen molar-refractivity contribution in [3.8, 4) is 0 Å². The Balaban J connectivity index is 1.86. The molecule has 1 aromatic carbocycles. The maximum absolute atomic E-state index is 13.5. The molecule has 134 valence electrons. The summed E-state index contributed by atoms with van der Waals surface area (Å²) >= 11 is 0. The molecule has 1 amide bonds. The summed E-state index contributed by atoms with van der Waals surface area (Å²) in [5.41, 5.74) is -0.372. The van der Waals surface area contributed by atoms with Gasteiger partial charge in [0.15, 0.2) is 11.9 Å². The van der Waals surface area contributed by atoms with E-state index in [1.54, 1.807) is 6.92 Å². The number of carbonyl (C=O) groups excluding carboxylic acids is 2. The molecule has 1 atom stereocenters. The van der Waals surface area contributed by atoms with E-state index in [4.69, 9.17) is 9.26 Å². The number of aryl methyl sites for hydroxylation is 1. The smallest absolute Gasteiger partial charge is 0.326 e. The second-order valence-corrected chi connectivity index (χ2v) is 5.24. The monoisotopic (exact) mass is 353 g/mol. The van der Waals surface area contributed by atoms with Crippen LogP contribution in [0.1, 0.15) is 48.4 Å². The minimum Gasteiger partial charge on any atom is -0.451 e. The highest BCUT2D eigenvalue weighted by molar-refractivity contribution is 5.96. The molecule has 0 radical (unpaired) electrons. The van der Waals surface area contributed by atoms with Crippen LogP contribution < -0.4 is 5.32 Å². The lowest BCUT2D eigenvalue weighted by Crippen LogP contribution is -2.31. The summed E-state index contributed by atoms with van der Waals surface area (Å²) < 4.78 is 36.3. The van der Waals surface area contributed by atoms with E-state index in [0.29, 0.717) is 18.3 Å². The van der Waals surface area contributed by atoms with E-state index >= 15 is 0 Å². The fraction of sp³-hybridized carbons (Fsp3) is 0.375. The van der Waals surface area contributed by atoms with Crippen molar-refractivity contribution < 1.29 is 27.6 Å². The van der Waals surface area contributed by atoms with Crippen LogP contribution in [0, 0.1) is 11.6 Å². The van der Waals surface area contributed by atoms with Crippen molar-refractivity contribution in [3.63, 3.8) is 0 Å². The molecule has 0 bridgehead atoms. The Morgan fingerprint density at radius 1 is 1.36 bits per heavy atom. The van der Waals surface area contributed by atoms with Crippen LogP contribution in [0.3, 0.4) is 0 Å². The fourth-order valence-electron chi connectivity index (χ4n) is 1.97. The lowest BCUT2D eigenvalue weighted by molar-refractivity contribution is -0.148. The summed E-state index contributed by atoms with van der Waals surface area (Å²) in [5, 5.41) is 5.94. The largest absolute Gasteiger partial charge is 0.451 e. The number of carbonyl (C=O) groups is 2. The van der Waals surface area contributed by atoms with Crippen LogP contribution in [-0.4, -0.2) is 28.6 Å². The number of hydrogen-bond acceptors (Lipinski definition) is 6. The Labute approximate surface area is 142 Å². The second kappa shape index (κ2) is 8.32. The van der Waals surface area contributed by atoms with Gasteiger partial charge >= 0.3 is 5.97 Å². The van der Waals surface area contributed by atoms with Gasteiger partial charge in [0.05, 0.1) is 5.56 Å². The van der Waals surface area contributed by atoms with E-state index in [2.05, 4.69) is 15.5 Å². The molecule has 0 aliphatic heterocycles. The number of esters is 1. The first-order valence-electron chi connectivity index (χ1n) is 7.66. The number of nitrogens with one attached hydrogen (secondary N) is 1. The molecule has 1 unspecified atom stereocenters. The van der Waals surface area contributed by atoms with Crippen LogP contribution in [0.4, 0.5) is 8.78 Å². The maximum atomic E-state index is 13.5. The predicted octanol–water partition coefficient (Wildman–Crippen LogP) is 2.33. The molecule has 0 saturated heterocycles. The summed E-state index contributed by atoms with van der Waals surface area (Å²) in [7, 11) is 0. The molecule has 1 N–H and O–H groups in total. The van der Waals surface area contributed by atoms with Gasteiger partial charge in [-0.3, -0.25) is 9.59 Å². The molecule has 7 nitrogen and oxygen atoms in total. The van der Waals surface area contributed by atoms with Crippen LogP contribution in [0.2, 0.25) is 0 Å². The number of halogens is 2. The Bertz CT molecular complexity index is 764. The predicted molar refractivity (Wildman–Crippen MR) is 81.5 cm³/mol. The Kier molecular flexibility index (Phi) is 6.15. The van der Waals surface area contributed by atoms with E-state index in [1.165, 1.54) is 0 Å². The number of hydrogen-bond donors (Lipinski definition) is 1. The number of amides is 1. The lowest BCUT2D eigenvalue weighted by atomic mass is 10.2. The Morgan fingerprint density at radius 2 is 2.12 bits per heavy atom. The molecule has 1 aromatic heterocycles. The number of nitrogens with zero attached hydrogens (tertiary/aromatic N) is 2. The van der Waals surface area contributed by atoms with Crippen molar-refractivity contribution in [1.82, 2.24) is 15.5 Å². The Hall–Kier alpha value is -2.84. The van der Waals surface area contributed by atoms with Crippen molar-refractivity contribution >= 4 is 11.9 Å². The van der Waals surface area contributed by atoms with Gasteiger partial charge < -0.3 is 14.6 Å². The second-order valence-electron chi connectivity index (χ2n) is 5.24. The molecular weight excluding hydrogens is 336 g/mol. The van der Waals surface area contributed by atoms with Crippen molar-refractivity contribution in [2.45, 2.75) is 32.8 Å². The van der Waals surface area contributed by atoms with Crippen molar-refractivity contribution in [2.24, 2.45) is 0 Å². The van der Waals surface area contributed by atoms with Gasteiger partial charge in [0, 0.05) is 12.5 Å². The lowest BCUT2D eigenvalue weighted by Gasteiger charge is -2.10. The van der Waals surface area contributed by atoms with Crippen LogP contribution in [0.5, 0.6) is 0 Å². The number of rotatable bonds is 7. The van der Waals surface area contributed by atoms with E-state index < -0.39 is 36.2 Å². The topological polar surface area (TPSA) is 94.3 Å².